The number of likely N-dealkylation sites (N-methyl/N-ethyl adjacent to an activating group) is 1. The lowest BCUT2D eigenvalue weighted by atomic mass is 9.86. The summed E-state index contributed by atoms with van der Waals surface area (Å²) >= 11 is 0. The molecule has 0 aliphatic carbocycles. The summed E-state index contributed by atoms with van der Waals surface area (Å²) in [6, 6.07) is 5.72. The third-order valence-corrected chi connectivity index (χ3v) is 5.76. The molecule has 0 bridgehead atoms. The van der Waals surface area contributed by atoms with Crippen LogP contribution in [0, 0.1) is 5.82 Å². The fourth-order valence-corrected chi connectivity index (χ4v) is 3.98. The van der Waals surface area contributed by atoms with Gasteiger partial charge in [0.2, 0.25) is 5.91 Å². The molecule has 25 heavy (non-hydrogen) atoms. The van der Waals surface area contributed by atoms with E-state index >= 15 is 0 Å². The summed E-state index contributed by atoms with van der Waals surface area (Å²) in [5, 5.41) is 0. The van der Waals surface area contributed by atoms with Gasteiger partial charge in [-0.3, -0.25) is 14.5 Å². The van der Waals surface area contributed by atoms with Crippen LogP contribution in [0.3, 0.4) is 0 Å². The fourth-order valence-electron chi connectivity index (χ4n) is 3.98. The SMILES string of the molecule is CCN1CC[C@]2(CCC1=O)CN(C(=O)c1ccc(F)cc1)CCN2C. The van der Waals surface area contributed by atoms with Crippen LogP contribution in [0.1, 0.15) is 36.5 Å². The molecule has 5 nitrogen and oxygen atoms in total. The molecule has 136 valence electrons. The molecule has 1 atom stereocenters. The van der Waals surface area contributed by atoms with E-state index in [9.17, 15) is 14.0 Å². The molecule has 2 heterocycles. The summed E-state index contributed by atoms with van der Waals surface area (Å²) in [4.78, 5) is 31.1. The molecule has 0 saturated carbocycles. The summed E-state index contributed by atoms with van der Waals surface area (Å²) in [5.41, 5.74) is 0.356. The van der Waals surface area contributed by atoms with Crippen LogP contribution in [-0.2, 0) is 4.79 Å². The molecule has 2 aliphatic rings. The zero-order valence-corrected chi connectivity index (χ0v) is 15.0. The van der Waals surface area contributed by atoms with Crippen LogP contribution in [-0.4, -0.2) is 71.8 Å². The Morgan fingerprint density at radius 1 is 1.16 bits per heavy atom. The number of carbonyl (C=O) groups excluding carboxylic acids is 2. The number of likely N-dealkylation sites (tertiary alicyclic amines) is 1. The number of amides is 2. The second kappa shape index (κ2) is 7.12. The van der Waals surface area contributed by atoms with Gasteiger partial charge in [-0.15, -0.1) is 0 Å². The topological polar surface area (TPSA) is 43.9 Å². The van der Waals surface area contributed by atoms with Crippen LogP contribution in [0.2, 0.25) is 0 Å². The molecule has 1 spiro atoms. The minimum atomic E-state index is -0.340. The highest BCUT2D eigenvalue weighted by Gasteiger charge is 2.43. The molecule has 0 radical (unpaired) electrons. The van der Waals surface area contributed by atoms with Gasteiger partial charge in [-0.05, 0) is 51.1 Å². The number of hydrogen-bond acceptors (Lipinski definition) is 3. The first-order valence-electron chi connectivity index (χ1n) is 8.99. The van der Waals surface area contributed by atoms with Crippen LogP contribution < -0.4 is 0 Å². The molecule has 0 N–H and O–H groups in total. The van der Waals surface area contributed by atoms with Gasteiger partial charge in [0.1, 0.15) is 5.82 Å². The van der Waals surface area contributed by atoms with Crippen molar-refractivity contribution in [3.63, 3.8) is 0 Å². The largest absolute Gasteiger partial charge is 0.343 e. The molecule has 0 aromatic heterocycles. The summed E-state index contributed by atoms with van der Waals surface area (Å²) in [5.74, 6) is -0.196. The molecule has 1 aromatic carbocycles. The van der Waals surface area contributed by atoms with E-state index < -0.39 is 0 Å². The van der Waals surface area contributed by atoms with E-state index in [1.54, 1.807) is 0 Å². The van der Waals surface area contributed by atoms with Gasteiger partial charge in [0.25, 0.3) is 5.91 Å². The zero-order chi connectivity index (χ0) is 18.0. The fraction of sp³-hybridized carbons (Fsp3) is 0.579. The highest BCUT2D eigenvalue weighted by Crippen LogP contribution is 2.32. The lowest BCUT2D eigenvalue weighted by Gasteiger charge is -2.49. The summed E-state index contributed by atoms with van der Waals surface area (Å²) in [6.45, 7) is 5.53. The van der Waals surface area contributed by atoms with Crippen LogP contribution in [0.4, 0.5) is 4.39 Å². The van der Waals surface area contributed by atoms with Crippen molar-refractivity contribution >= 4 is 11.8 Å². The number of halogens is 1. The number of nitrogens with zero attached hydrogens (tertiary/aromatic N) is 3. The molecule has 2 aliphatic heterocycles. The molecule has 1 aromatic rings. The van der Waals surface area contributed by atoms with Crippen LogP contribution in [0.5, 0.6) is 0 Å². The minimum absolute atomic E-state index is 0.0598. The lowest BCUT2D eigenvalue weighted by Crippen LogP contribution is -2.62. The van der Waals surface area contributed by atoms with E-state index in [1.165, 1.54) is 24.3 Å². The van der Waals surface area contributed by atoms with Gasteiger partial charge in [-0.25, -0.2) is 4.39 Å². The Bertz CT molecular complexity index is 649. The molecule has 0 unspecified atom stereocenters. The van der Waals surface area contributed by atoms with E-state index in [2.05, 4.69) is 11.9 Å². The number of piperazine rings is 1. The maximum atomic E-state index is 13.1. The van der Waals surface area contributed by atoms with Crippen molar-refractivity contribution in [3.05, 3.63) is 35.6 Å². The van der Waals surface area contributed by atoms with Crippen molar-refractivity contribution in [2.24, 2.45) is 0 Å². The first-order valence-corrected chi connectivity index (χ1v) is 8.99. The number of benzene rings is 1. The first kappa shape index (κ1) is 17.9. The van der Waals surface area contributed by atoms with E-state index in [1.807, 2.05) is 16.7 Å². The Balaban J connectivity index is 1.78. The van der Waals surface area contributed by atoms with E-state index in [0.717, 1.165) is 32.5 Å². The Morgan fingerprint density at radius 3 is 2.56 bits per heavy atom. The molecule has 2 amide bonds. The van der Waals surface area contributed by atoms with Crippen molar-refractivity contribution in [2.75, 3.05) is 39.8 Å². The first-order chi connectivity index (χ1) is 11.9. The van der Waals surface area contributed by atoms with Gasteiger partial charge in [-0.2, -0.15) is 0 Å². The van der Waals surface area contributed by atoms with Gasteiger partial charge in [0.05, 0.1) is 0 Å². The second-order valence-electron chi connectivity index (χ2n) is 7.10. The Kier molecular flexibility index (Phi) is 5.08. The quantitative estimate of drug-likeness (QED) is 0.822. The average Bonchev–Trinajstić information content (AvgIpc) is 2.77. The summed E-state index contributed by atoms with van der Waals surface area (Å²) in [6.07, 6.45) is 2.17. The highest BCUT2D eigenvalue weighted by molar-refractivity contribution is 5.94. The summed E-state index contributed by atoms with van der Waals surface area (Å²) < 4.78 is 13.1. The maximum absolute atomic E-state index is 13.1. The minimum Gasteiger partial charge on any atom is -0.343 e. The number of rotatable bonds is 2. The van der Waals surface area contributed by atoms with Crippen molar-refractivity contribution in [1.82, 2.24) is 14.7 Å². The van der Waals surface area contributed by atoms with Crippen molar-refractivity contribution in [1.29, 1.82) is 0 Å². The third-order valence-electron chi connectivity index (χ3n) is 5.76. The second-order valence-corrected chi connectivity index (χ2v) is 7.10. The van der Waals surface area contributed by atoms with Crippen molar-refractivity contribution < 1.29 is 14.0 Å². The van der Waals surface area contributed by atoms with Gasteiger partial charge in [0, 0.05) is 50.2 Å². The van der Waals surface area contributed by atoms with E-state index in [4.69, 9.17) is 0 Å². The monoisotopic (exact) mass is 347 g/mol. The van der Waals surface area contributed by atoms with Gasteiger partial charge in [0.15, 0.2) is 0 Å². The maximum Gasteiger partial charge on any atom is 0.253 e. The van der Waals surface area contributed by atoms with Crippen LogP contribution in [0.25, 0.3) is 0 Å². The van der Waals surface area contributed by atoms with Crippen molar-refractivity contribution in [2.45, 2.75) is 31.7 Å². The Hall–Kier alpha value is -1.95. The standard InChI is InChI=1S/C19H26FN3O2/c1-3-22-11-10-19(9-8-17(22)24)14-23(13-12-21(19)2)18(25)15-4-6-16(20)7-5-15/h4-7H,3,8-14H2,1-2H3/t19-/m1/s1. The average molecular weight is 347 g/mol. The smallest absolute Gasteiger partial charge is 0.253 e. The molecule has 6 heteroatoms. The predicted molar refractivity (Wildman–Crippen MR) is 93.8 cm³/mol. The lowest BCUT2D eigenvalue weighted by molar-refractivity contribution is -0.130. The summed E-state index contributed by atoms with van der Waals surface area (Å²) in [7, 11) is 2.09. The normalized spacial score (nSPS) is 25.3. The third kappa shape index (κ3) is 3.54. The highest BCUT2D eigenvalue weighted by atomic mass is 19.1. The molecular formula is C19H26FN3O2. The van der Waals surface area contributed by atoms with Crippen molar-refractivity contribution in [3.8, 4) is 0 Å². The van der Waals surface area contributed by atoms with Gasteiger partial charge < -0.3 is 9.80 Å². The van der Waals surface area contributed by atoms with Crippen LogP contribution in [0.15, 0.2) is 24.3 Å². The van der Waals surface area contributed by atoms with Gasteiger partial charge in [-0.1, -0.05) is 0 Å². The predicted octanol–water partition coefficient (Wildman–Crippen LogP) is 1.98. The number of carbonyl (C=O) groups is 2. The molecular weight excluding hydrogens is 321 g/mol. The van der Waals surface area contributed by atoms with Gasteiger partial charge >= 0.3 is 0 Å². The zero-order valence-electron chi connectivity index (χ0n) is 15.0. The van der Waals surface area contributed by atoms with E-state index in [-0.39, 0.29) is 23.2 Å². The number of hydrogen-bond donors (Lipinski definition) is 0. The molecule has 3 rings (SSSR count). The molecule has 2 saturated heterocycles. The Morgan fingerprint density at radius 2 is 1.88 bits per heavy atom. The van der Waals surface area contributed by atoms with E-state index in [0.29, 0.717) is 25.1 Å². The van der Waals surface area contributed by atoms with Crippen LogP contribution >= 0.6 is 0 Å². The molecule has 2 fully saturated rings. The Labute approximate surface area is 148 Å².